The molecule has 0 unspecified atom stereocenters. The second-order valence-electron chi connectivity index (χ2n) is 13.2. The fourth-order valence-corrected chi connectivity index (χ4v) is 5.84. The quantitative estimate of drug-likeness (QED) is 0.0657. The molecule has 1 saturated heterocycles. The number of ether oxygens (including phenoxy) is 2. The van der Waals surface area contributed by atoms with Crippen LogP contribution in [0.1, 0.15) is 34.8 Å². The minimum absolute atomic E-state index is 0. The molecule has 5 rings (SSSR count). The van der Waals surface area contributed by atoms with Gasteiger partial charge in [-0.15, -0.1) is 0 Å². The fourth-order valence-electron chi connectivity index (χ4n) is 5.00. The number of nitrogens with one attached hydrogen (secondary N) is 6. The number of amides is 2. The van der Waals surface area contributed by atoms with Crippen LogP contribution in [0.3, 0.4) is 0 Å². The molecule has 0 radical (unpaired) electrons. The Morgan fingerprint density at radius 1 is 0.941 bits per heavy atom. The van der Waals surface area contributed by atoms with E-state index in [4.69, 9.17) is 25.7 Å². The van der Waals surface area contributed by atoms with Gasteiger partial charge in [0.15, 0.2) is 0 Å². The highest BCUT2D eigenvalue weighted by atomic mass is 32.2. The Hall–Kier alpha value is -5.17. The highest BCUT2D eigenvalue weighted by molar-refractivity contribution is 7.99. The van der Waals surface area contributed by atoms with Gasteiger partial charge in [-0.3, -0.25) is 25.6 Å². The van der Waals surface area contributed by atoms with Crippen molar-refractivity contribution in [3.63, 3.8) is 0 Å². The van der Waals surface area contributed by atoms with Gasteiger partial charge in [0.1, 0.15) is 29.5 Å². The van der Waals surface area contributed by atoms with Crippen LogP contribution in [0, 0.1) is 28.6 Å². The summed E-state index contributed by atoms with van der Waals surface area (Å²) in [6.07, 6.45) is 3.41. The van der Waals surface area contributed by atoms with Crippen LogP contribution >= 0.6 is 11.8 Å². The molecule has 6 N–H and O–H groups in total. The number of pyridine rings is 1. The largest absolute Gasteiger partial charge is 0.492 e. The van der Waals surface area contributed by atoms with Gasteiger partial charge in [-0.05, 0) is 67.6 Å². The first kappa shape index (κ1) is 37.1. The lowest BCUT2D eigenvalue weighted by Gasteiger charge is -2.26. The summed E-state index contributed by atoms with van der Waals surface area (Å²) < 4.78 is 12.9. The number of allylic oxidation sites excluding steroid dienone is 1. The van der Waals surface area contributed by atoms with Gasteiger partial charge < -0.3 is 25.5 Å². The van der Waals surface area contributed by atoms with Gasteiger partial charge in [-0.2, -0.15) is 0 Å². The summed E-state index contributed by atoms with van der Waals surface area (Å²) in [5.41, 5.74) is 3.33. The molecule has 11 nitrogen and oxygen atoms in total. The third-order valence-electron chi connectivity index (χ3n) is 8.07. The number of aryl methyl sites for hydroxylation is 1. The number of hydrogen-bond donors (Lipinski definition) is 6. The van der Waals surface area contributed by atoms with Gasteiger partial charge in [0.2, 0.25) is 0 Å². The minimum atomic E-state index is -0.444. The van der Waals surface area contributed by atoms with Gasteiger partial charge in [0, 0.05) is 72.6 Å². The van der Waals surface area contributed by atoms with Crippen LogP contribution in [0.25, 0.3) is 0 Å². The normalized spacial score (nSPS) is 13.7. The molecule has 2 amide bonds. The smallest absolute Gasteiger partial charge is 0.324 e. The molecular weight excluding hydrogens is 661 g/mol. The first-order chi connectivity index (χ1) is 24.4. The average molecular weight is 711 g/mol. The van der Waals surface area contributed by atoms with E-state index in [1.807, 2.05) is 107 Å². The van der Waals surface area contributed by atoms with E-state index in [1.165, 1.54) is 11.8 Å². The van der Waals surface area contributed by atoms with Gasteiger partial charge in [-0.1, -0.05) is 62.4 Å². The molecule has 2 heterocycles. The molecular formula is C39H50N8O3S. The van der Waals surface area contributed by atoms with Gasteiger partial charge in [-0.25, -0.2) is 4.79 Å². The van der Waals surface area contributed by atoms with Crippen molar-refractivity contribution in [2.24, 2.45) is 5.41 Å². The fraction of sp³-hybridized carbons (Fsp3) is 0.282. The van der Waals surface area contributed by atoms with Crippen LogP contribution in [0.15, 0.2) is 113 Å². The van der Waals surface area contributed by atoms with Crippen LogP contribution in [0.5, 0.6) is 5.75 Å². The second kappa shape index (κ2) is 17.2. The van der Waals surface area contributed by atoms with Crippen molar-refractivity contribution >= 4 is 40.7 Å². The van der Waals surface area contributed by atoms with Crippen molar-refractivity contribution in [1.82, 2.24) is 14.8 Å². The lowest BCUT2D eigenvalue weighted by atomic mass is 9.90. The van der Waals surface area contributed by atoms with E-state index in [-0.39, 0.29) is 14.2 Å². The third-order valence-corrected chi connectivity index (χ3v) is 9.06. The molecule has 4 aromatic rings. The molecule has 270 valence electrons. The monoisotopic (exact) mass is 710 g/mol. The van der Waals surface area contributed by atoms with E-state index in [9.17, 15) is 4.79 Å². The summed E-state index contributed by atoms with van der Waals surface area (Å²) in [6.45, 7) is 12.5. The number of anilines is 2. The van der Waals surface area contributed by atoms with Crippen molar-refractivity contribution in [2.75, 3.05) is 50.1 Å². The summed E-state index contributed by atoms with van der Waals surface area (Å²) >= 11 is 1.49. The molecule has 51 heavy (non-hydrogen) atoms. The predicted molar refractivity (Wildman–Crippen MR) is 209 cm³/mol. The SMILES string of the molecule is Cc1ccc(N/C(=C\C(=N)C(C)(C)C)NC(=O)Nc2ccc(Sc3ccc(=N)n(C(=N)c4cccc(OCCN5CCOCC5)c4)c3)cc2)cc1.[HH].[HH]. The molecule has 0 aliphatic carbocycles. The molecule has 0 bridgehead atoms. The van der Waals surface area contributed by atoms with Crippen molar-refractivity contribution in [2.45, 2.75) is 37.5 Å². The minimum Gasteiger partial charge on any atom is -0.492 e. The van der Waals surface area contributed by atoms with Gasteiger partial charge >= 0.3 is 6.03 Å². The third kappa shape index (κ3) is 11.2. The Morgan fingerprint density at radius 3 is 2.31 bits per heavy atom. The first-order valence-electron chi connectivity index (χ1n) is 16.8. The van der Waals surface area contributed by atoms with Crippen molar-refractivity contribution in [3.05, 3.63) is 120 Å². The lowest BCUT2D eigenvalue weighted by Crippen LogP contribution is -2.38. The molecule has 1 aliphatic heterocycles. The van der Waals surface area contributed by atoms with Crippen molar-refractivity contribution < 1.29 is 17.1 Å². The number of urea groups is 1. The van der Waals surface area contributed by atoms with Crippen LogP contribution < -0.4 is 26.2 Å². The maximum atomic E-state index is 13.0. The number of hydrogen-bond acceptors (Lipinski definition) is 9. The van der Waals surface area contributed by atoms with Gasteiger partial charge in [0.05, 0.1) is 13.2 Å². The second-order valence-corrected chi connectivity index (χ2v) is 14.4. The van der Waals surface area contributed by atoms with Gasteiger partial charge in [0.25, 0.3) is 0 Å². The van der Waals surface area contributed by atoms with E-state index in [0.29, 0.717) is 35.1 Å². The molecule has 0 atom stereocenters. The summed E-state index contributed by atoms with van der Waals surface area (Å²) in [5, 5.41) is 34.8. The zero-order chi connectivity index (χ0) is 36.4. The zero-order valence-electron chi connectivity index (χ0n) is 29.5. The molecule has 1 aliphatic rings. The molecule has 1 fully saturated rings. The summed E-state index contributed by atoms with van der Waals surface area (Å²) in [7, 11) is 0. The van der Waals surface area contributed by atoms with Crippen LogP contribution in [0.2, 0.25) is 0 Å². The Morgan fingerprint density at radius 2 is 1.61 bits per heavy atom. The number of aromatic nitrogens is 1. The van der Waals surface area contributed by atoms with Crippen LogP contribution in [-0.2, 0) is 4.74 Å². The standard InChI is InChI=1S/C39H46N8O3S.2H2/c1-27-8-10-29(11-9-27)43-36(25-34(40)39(2,3)4)45-38(48)44-30-12-14-32(15-13-30)51-33-16-17-35(41)47(26-33)37(42)28-6-5-7-31(24-28)50-23-20-46-18-21-49-22-19-46;;/h5-17,24-26,40-43H,18-23H2,1-4H3,(H2,44,45,48);2*1H/b36-25+,40-34?,41-35?,42-37?;;. The highest BCUT2D eigenvalue weighted by Gasteiger charge is 2.17. The van der Waals surface area contributed by atoms with E-state index in [0.717, 1.165) is 53.9 Å². The maximum Gasteiger partial charge on any atom is 0.324 e. The van der Waals surface area contributed by atoms with E-state index >= 15 is 0 Å². The molecule has 0 saturated carbocycles. The number of benzene rings is 3. The van der Waals surface area contributed by atoms with Crippen LogP contribution in [0.4, 0.5) is 16.2 Å². The molecule has 3 aromatic carbocycles. The average Bonchev–Trinajstić information content (AvgIpc) is 3.11. The summed E-state index contributed by atoms with van der Waals surface area (Å²) in [4.78, 5) is 17.1. The summed E-state index contributed by atoms with van der Waals surface area (Å²) in [5.74, 6) is 1.25. The van der Waals surface area contributed by atoms with E-state index in [2.05, 4.69) is 20.9 Å². The Bertz CT molecular complexity index is 1940. The Balaban J connectivity index is 0.00000378. The predicted octanol–water partition coefficient (Wildman–Crippen LogP) is 7.64. The Kier molecular flexibility index (Phi) is 12.5. The topological polar surface area (TPSA) is 151 Å². The maximum absolute atomic E-state index is 13.0. The molecule has 12 heteroatoms. The highest BCUT2D eigenvalue weighted by Crippen LogP contribution is 2.28. The number of carbonyl (C=O) groups excluding carboxylic acids is 1. The lowest BCUT2D eigenvalue weighted by molar-refractivity contribution is 0.0322. The molecule has 0 spiro atoms. The molecule has 1 aromatic heterocycles. The number of morpholine rings is 1. The number of nitrogens with zero attached hydrogens (tertiary/aromatic N) is 2. The van der Waals surface area contributed by atoms with Crippen molar-refractivity contribution in [3.8, 4) is 5.75 Å². The van der Waals surface area contributed by atoms with E-state index in [1.54, 1.807) is 22.9 Å². The number of rotatable bonds is 12. The number of carbonyl (C=O) groups is 1. The zero-order valence-corrected chi connectivity index (χ0v) is 30.3. The summed E-state index contributed by atoms with van der Waals surface area (Å²) in [6, 6.07) is 25.7. The van der Waals surface area contributed by atoms with Crippen LogP contribution in [-0.4, -0.2) is 66.5 Å². The first-order valence-corrected chi connectivity index (χ1v) is 17.6. The Labute approximate surface area is 306 Å². The van der Waals surface area contributed by atoms with Crippen molar-refractivity contribution in [1.29, 1.82) is 16.2 Å². The van der Waals surface area contributed by atoms with E-state index < -0.39 is 11.4 Å².